The fourth-order valence-electron chi connectivity index (χ4n) is 10.0. The first-order valence-corrected chi connectivity index (χ1v) is 15.9. The summed E-state index contributed by atoms with van der Waals surface area (Å²) in [5.41, 5.74) is 2.94. The van der Waals surface area contributed by atoms with Gasteiger partial charge in [0.2, 0.25) is 0 Å². The smallest absolute Gasteiger partial charge is 0.159 e. The van der Waals surface area contributed by atoms with Gasteiger partial charge in [-0.25, -0.2) is 0 Å². The molecule has 2 aromatic heterocycles. The number of carbonyl (C=O) groups excluding carboxylic acids is 1. The van der Waals surface area contributed by atoms with E-state index in [1.54, 1.807) is 6.20 Å². The Morgan fingerprint density at radius 1 is 1.10 bits per heavy atom. The molecule has 0 amide bonds. The van der Waals surface area contributed by atoms with Gasteiger partial charge < -0.3 is 4.52 Å². The topological polar surface area (TPSA) is 73.8 Å². The van der Waals surface area contributed by atoms with Crippen molar-refractivity contribution in [1.29, 1.82) is 0 Å². The normalized spacial score (nSPS) is 37.3. The maximum Gasteiger partial charge on any atom is 0.159 e. The minimum Gasteiger partial charge on any atom is -0.361 e. The molecule has 3 fully saturated rings. The first-order chi connectivity index (χ1) is 18.9. The van der Waals surface area contributed by atoms with Gasteiger partial charge in [0.15, 0.2) is 5.78 Å². The highest BCUT2D eigenvalue weighted by Gasteiger charge is 2.66. The summed E-state index contributed by atoms with van der Waals surface area (Å²) < 4.78 is 7.94. The molecule has 4 aliphatic rings. The molecule has 40 heavy (non-hydrogen) atoms. The van der Waals surface area contributed by atoms with E-state index in [-0.39, 0.29) is 33.0 Å². The molecule has 3 saturated carbocycles. The lowest BCUT2D eigenvalue weighted by Crippen LogP contribution is -2.62. The van der Waals surface area contributed by atoms with Gasteiger partial charge in [0, 0.05) is 29.6 Å². The summed E-state index contributed by atoms with van der Waals surface area (Å²) >= 11 is 0. The SMILES string of the molecule is CCCc1cnoc1C(C)(C)[C@@H]1CC[C@]2(C)C(=CC(=O)[C@@H]3[C@@H]4CC(C)(C)CC[C@]4(Cn4ccnn4)CC[C@]32C)C1. The minimum atomic E-state index is -0.114. The predicted molar refractivity (Wildman–Crippen MR) is 156 cm³/mol. The Balaban J connectivity index is 1.35. The molecule has 0 bridgehead atoms. The van der Waals surface area contributed by atoms with Crippen molar-refractivity contribution in [2.45, 2.75) is 125 Å². The van der Waals surface area contributed by atoms with Crippen molar-refractivity contribution >= 4 is 5.78 Å². The molecular formula is C34H50N4O2. The number of rotatable bonds is 6. The van der Waals surface area contributed by atoms with Gasteiger partial charge in [-0.15, -0.1) is 5.10 Å². The zero-order valence-corrected chi connectivity index (χ0v) is 25.9. The van der Waals surface area contributed by atoms with E-state index < -0.39 is 0 Å². The van der Waals surface area contributed by atoms with Crippen molar-refractivity contribution in [3.05, 3.63) is 41.6 Å². The molecule has 6 atom stereocenters. The van der Waals surface area contributed by atoms with Crippen LogP contribution in [0, 0.1) is 39.4 Å². The molecule has 0 saturated heterocycles. The van der Waals surface area contributed by atoms with Crippen LogP contribution < -0.4 is 0 Å². The molecule has 0 aromatic carbocycles. The second-order valence-corrected chi connectivity index (χ2v) is 15.8. The fourth-order valence-corrected chi connectivity index (χ4v) is 10.0. The van der Waals surface area contributed by atoms with Crippen LogP contribution in [0.3, 0.4) is 0 Å². The van der Waals surface area contributed by atoms with Crippen molar-refractivity contribution < 1.29 is 9.32 Å². The summed E-state index contributed by atoms with van der Waals surface area (Å²) in [5.74, 6) is 2.33. The summed E-state index contributed by atoms with van der Waals surface area (Å²) in [6.07, 6.45) is 19.0. The molecule has 6 rings (SSSR count). The van der Waals surface area contributed by atoms with Crippen LogP contribution in [-0.2, 0) is 23.2 Å². The Hall–Kier alpha value is -2.24. The first-order valence-electron chi connectivity index (χ1n) is 15.9. The number of aryl methyl sites for hydroxylation is 1. The molecule has 6 heteroatoms. The van der Waals surface area contributed by atoms with E-state index in [2.05, 4.69) is 70.0 Å². The molecule has 0 unspecified atom stereocenters. The Labute approximate surface area is 240 Å². The quantitative estimate of drug-likeness (QED) is 0.370. The third kappa shape index (κ3) is 4.09. The van der Waals surface area contributed by atoms with Crippen LogP contribution in [0.15, 0.2) is 34.8 Å². The highest BCUT2D eigenvalue weighted by Crippen LogP contribution is 2.71. The number of hydrogen-bond acceptors (Lipinski definition) is 5. The lowest BCUT2D eigenvalue weighted by Gasteiger charge is -2.66. The van der Waals surface area contributed by atoms with Gasteiger partial charge >= 0.3 is 0 Å². The second kappa shape index (κ2) is 9.39. The van der Waals surface area contributed by atoms with Crippen LogP contribution in [0.5, 0.6) is 0 Å². The standard InChI is InChI=1S/C34H50N4O2/c1-8-9-23-21-36-40-29(23)31(4,5)24-10-11-32(6)25(18-24)19-27(39)28-26-20-30(2,3)12-14-34(26,15-13-33(28,32)7)22-38-17-16-35-37-38/h16-17,19,21,24,26,28H,8-15,18,20,22H2,1-7H3/t24-,26+,28+,32-,33-,34-/m1/s1. The fraction of sp³-hybridized carbons (Fsp3) is 0.765. The van der Waals surface area contributed by atoms with E-state index in [4.69, 9.17) is 4.52 Å². The molecule has 0 aliphatic heterocycles. The van der Waals surface area contributed by atoms with Crippen LogP contribution >= 0.6 is 0 Å². The zero-order valence-electron chi connectivity index (χ0n) is 25.9. The van der Waals surface area contributed by atoms with E-state index in [0.29, 0.717) is 17.6 Å². The average molecular weight is 547 g/mol. The summed E-state index contributed by atoms with van der Waals surface area (Å²) in [6.45, 7) is 17.6. The van der Waals surface area contributed by atoms with Gasteiger partial charge in [0.05, 0.1) is 12.4 Å². The maximum atomic E-state index is 14.4. The summed E-state index contributed by atoms with van der Waals surface area (Å²) in [5, 5.41) is 12.7. The molecule has 2 aromatic rings. The van der Waals surface area contributed by atoms with Crippen LogP contribution in [-0.4, -0.2) is 25.9 Å². The number of nitrogens with zero attached hydrogens (tertiary/aromatic N) is 4. The summed E-state index contributed by atoms with van der Waals surface area (Å²) in [4.78, 5) is 14.4. The van der Waals surface area contributed by atoms with E-state index in [0.717, 1.165) is 57.3 Å². The van der Waals surface area contributed by atoms with Crippen molar-refractivity contribution in [1.82, 2.24) is 20.2 Å². The van der Waals surface area contributed by atoms with Gasteiger partial charge in [0.25, 0.3) is 0 Å². The molecule has 2 heterocycles. The Morgan fingerprint density at radius 3 is 2.60 bits per heavy atom. The Bertz CT molecular complexity index is 1290. The molecule has 4 aliphatic carbocycles. The van der Waals surface area contributed by atoms with Crippen molar-refractivity contribution in [2.75, 3.05) is 0 Å². The predicted octanol–water partition coefficient (Wildman–Crippen LogP) is 7.74. The number of aromatic nitrogens is 4. The second-order valence-electron chi connectivity index (χ2n) is 15.8. The lowest BCUT2D eigenvalue weighted by molar-refractivity contribution is -0.169. The monoisotopic (exact) mass is 546 g/mol. The number of allylic oxidation sites excluding steroid dienone is 2. The molecule has 218 valence electrons. The van der Waals surface area contributed by atoms with Gasteiger partial charge in [-0.1, -0.05) is 70.8 Å². The van der Waals surface area contributed by atoms with E-state index in [1.807, 2.05) is 17.1 Å². The van der Waals surface area contributed by atoms with Crippen LogP contribution in [0.25, 0.3) is 0 Å². The number of carbonyl (C=O) groups is 1. The average Bonchev–Trinajstić information content (AvgIpc) is 3.58. The van der Waals surface area contributed by atoms with Crippen molar-refractivity contribution in [3.8, 4) is 0 Å². The molecule has 0 spiro atoms. The highest BCUT2D eigenvalue weighted by molar-refractivity contribution is 5.95. The Kier molecular flexibility index (Phi) is 6.55. The number of ketones is 1. The van der Waals surface area contributed by atoms with Crippen LogP contribution in [0.1, 0.15) is 118 Å². The van der Waals surface area contributed by atoms with Gasteiger partial charge in [-0.3, -0.25) is 9.48 Å². The Morgan fingerprint density at radius 2 is 1.88 bits per heavy atom. The highest BCUT2D eigenvalue weighted by atomic mass is 16.5. The molecule has 0 N–H and O–H groups in total. The number of hydrogen-bond donors (Lipinski definition) is 0. The summed E-state index contributed by atoms with van der Waals surface area (Å²) in [6, 6.07) is 0. The van der Waals surface area contributed by atoms with Gasteiger partial charge in [-0.2, -0.15) is 0 Å². The van der Waals surface area contributed by atoms with Crippen molar-refractivity contribution in [2.24, 2.45) is 39.4 Å². The lowest BCUT2D eigenvalue weighted by atomic mass is 9.37. The largest absolute Gasteiger partial charge is 0.361 e. The van der Waals surface area contributed by atoms with E-state index >= 15 is 0 Å². The molecule has 6 nitrogen and oxygen atoms in total. The number of fused-ring (bicyclic) bond motifs is 5. The van der Waals surface area contributed by atoms with Crippen LogP contribution in [0.2, 0.25) is 0 Å². The summed E-state index contributed by atoms with van der Waals surface area (Å²) in [7, 11) is 0. The van der Waals surface area contributed by atoms with Crippen molar-refractivity contribution in [3.63, 3.8) is 0 Å². The van der Waals surface area contributed by atoms with Crippen LogP contribution in [0.4, 0.5) is 0 Å². The minimum absolute atomic E-state index is 0.0210. The molecule has 0 radical (unpaired) electrons. The third-order valence-corrected chi connectivity index (χ3v) is 12.9. The zero-order chi connectivity index (χ0) is 28.6. The maximum absolute atomic E-state index is 14.4. The van der Waals surface area contributed by atoms with Gasteiger partial charge in [-0.05, 0) is 97.4 Å². The van der Waals surface area contributed by atoms with Gasteiger partial charge in [0.1, 0.15) is 5.76 Å². The first kappa shape index (κ1) is 27.9. The van der Waals surface area contributed by atoms with E-state index in [9.17, 15) is 4.79 Å². The molecular weight excluding hydrogens is 496 g/mol. The van der Waals surface area contributed by atoms with E-state index in [1.165, 1.54) is 30.4 Å². The third-order valence-electron chi connectivity index (χ3n) is 12.9.